The molecule has 112 valence electrons. The second-order valence-corrected chi connectivity index (χ2v) is 7.09. The second-order valence-electron chi connectivity index (χ2n) is 5.07. The van der Waals surface area contributed by atoms with E-state index >= 15 is 0 Å². The van der Waals surface area contributed by atoms with Crippen molar-refractivity contribution in [3.63, 3.8) is 0 Å². The largest absolute Gasteiger partial charge is 0.465 e. The maximum absolute atomic E-state index is 12.8. The molecule has 0 heterocycles. The Hall–Kier alpha value is -0.510. The fraction of sp³-hybridized carbons (Fsp3) is 0.417. The highest BCUT2D eigenvalue weighted by molar-refractivity contribution is 14.1. The van der Waals surface area contributed by atoms with E-state index in [1.807, 2.05) is 0 Å². The predicted octanol–water partition coefficient (Wildman–Crippen LogP) is 5.36. The van der Waals surface area contributed by atoms with Gasteiger partial charge in [0.15, 0.2) is 0 Å². The molecular formula is C12H12BrF3INO2. The molecule has 0 bridgehead atoms. The molecule has 1 N–H and O–H groups in total. The van der Waals surface area contributed by atoms with Crippen LogP contribution in [0.15, 0.2) is 16.6 Å². The van der Waals surface area contributed by atoms with Crippen LogP contribution >= 0.6 is 38.5 Å². The molecule has 0 atom stereocenters. The van der Waals surface area contributed by atoms with E-state index in [1.165, 1.54) is 6.07 Å². The van der Waals surface area contributed by atoms with E-state index < -0.39 is 23.4 Å². The van der Waals surface area contributed by atoms with E-state index in [2.05, 4.69) is 15.9 Å². The minimum atomic E-state index is -4.49. The Morgan fingerprint density at radius 2 is 1.80 bits per heavy atom. The van der Waals surface area contributed by atoms with Crippen molar-refractivity contribution in [2.45, 2.75) is 32.5 Å². The monoisotopic (exact) mass is 465 g/mol. The average molecular weight is 466 g/mol. The van der Waals surface area contributed by atoms with E-state index in [4.69, 9.17) is 0 Å². The first-order valence-corrected chi connectivity index (χ1v) is 7.32. The van der Waals surface area contributed by atoms with Crippen LogP contribution in [0.4, 0.5) is 23.7 Å². The first-order valence-electron chi connectivity index (χ1n) is 5.45. The van der Waals surface area contributed by atoms with Crippen molar-refractivity contribution in [1.82, 2.24) is 0 Å². The number of carbonyl (C=O) groups is 1. The summed E-state index contributed by atoms with van der Waals surface area (Å²) in [5.41, 5.74) is -1.39. The highest BCUT2D eigenvalue weighted by Gasteiger charge is 2.36. The molecule has 0 aliphatic heterocycles. The summed E-state index contributed by atoms with van der Waals surface area (Å²) in [6.07, 6.45) is -5.71. The number of hydrogen-bond donors (Lipinski definition) is 1. The smallest absolute Gasteiger partial charge is 0.417 e. The molecule has 20 heavy (non-hydrogen) atoms. The standard InChI is InChI=1S/C12H12BrF3INO2/c1-11(2,3)18(10(19)20)9-5-7(13)6(4-8(9)17)12(14,15)16/h4-5H,1-3H3,(H,19,20). The lowest BCUT2D eigenvalue weighted by Gasteiger charge is -2.34. The van der Waals surface area contributed by atoms with E-state index in [-0.39, 0.29) is 13.7 Å². The third-order valence-electron chi connectivity index (χ3n) is 2.44. The van der Waals surface area contributed by atoms with Gasteiger partial charge in [-0.15, -0.1) is 0 Å². The van der Waals surface area contributed by atoms with Gasteiger partial charge in [-0.2, -0.15) is 13.2 Å². The normalized spacial score (nSPS) is 12.4. The van der Waals surface area contributed by atoms with Gasteiger partial charge in [0.1, 0.15) is 0 Å². The van der Waals surface area contributed by atoms with E-state index in [0.717, 1.165) is 11.0 Å². The molecule has 0 saturated carbocycles. The number of nitrogens with zero attached hydrogens (tertiary/aromatic N) is 1. The van der Waals surface area contributed by atoms with E-state index in [1.54, 1.807) is 43.4 Å². The molecule has 3 nitrogen and oxygen atoms in total. The molecule has 1 aromatic carbocycles. The van der Waals surface area contributed by atoms with Gasteiger partial charge in [-0.1, -0.05) is 15.9 Å². The molecule has 0 aliphatic rings. The lowest BCUT2D eigenvalue weighted by atomic mass is 10.0. The summed E-state index contributed by atoms with van der Waals surface area (Å²) in [5.74, 6) is 0. The third-order valence-corrected chi connectivity index (χ3v) is 3.97. The Labute approximate surface area is 136 Å². The molecule has 0 aliphatic carbocycles. The van der Waals surface area contributed by atoms with Gasteiger partial charge < -0.3 is 5.11 Å². The van der Waals surface area contributed by atoms with Gasteiger partial charge in [-0.05, 0) is 55.5 Å². The van der Waals surface area contributed by atoms with Crippen molar-refractivity contribution in [1.29, 1.82) is 0 Å². The van der Waals surface area contributed by atoms with Gasteiger partial charge >= 0.3 is 12.3 Å². The number of rotatable bonds is 1. The lowest BCUT2D eigenvalue weighted by Crippen LogP contribution is -2.45. The SMILES string of the molecule is CC(C)(C)N(C(=O)O)c1cc(Br)c(C(F)(F)F)cc1I. The maximum Gasteiger partial charge on any atom is 0.417 e. The van der Waals surface area contributed by atoms with Crippen LogP contribution in [0.25, 0.3) is 0 Å². The van der Waals surface area contributed by atoms with Gasteiger partial charge in [-0.25, -0.2) is 4.79 Å². The molecule has 1 aromatic rings. The Kier molecular flexibility index (Phi) is 5.00. The zero-order valence-electron chi connectivity index (χ0n) is 10.8. The molecule has 1 amide bonds. The number of benzene rings is 1. The number of carboxylic acid groups (broad SMARTS) is 1. The van der Waals surface area contributed by atoms with Gasteiger partial charge in [0.25, 0.3) is 0 Å². The molecule has 1 rings (SSSR count). The molecule has 8 heteroatoms. The van der Waals surface area contributed by atoms with Crippen molar-refractivity contribution in [2.75, 3.05) is 4.90 Å². The van der Waals surface area contributed by atoms with Crippen molar-refractivity contribution >= 4 is 50.3 Å². The zero-order chi connectivity index (χ0) is 15.9. The number of anilines is 1. The minimum absolute atomic E-state index is 0.184. The van der Waals surface area contributed by atoms with Crippen molar-refractivity contribution < 1.29 is 23.1 Å². The topological polar surface area (TPSA) is 40.5 Å². The third kappa shape index (κ3) is 3.78. The predicted molar refractivity (Wildman–Crippen MR) is 82.1 cm³/mol. The first-order chi connectivity index (χ1) is 8.85. The Morgan fingerprint density at radius 3 is 2.15 bits per heavy atom. The summed E-state index contributed by atoms with van der Waals surface area (Å²) in [6, 6.07) is 2.12. The molecule has 0 spiro atoms. The minimum Gasteiger partial charge on any atom is -0.465 e. The second kappa shape index (κ2) is 5.70. The zero-order valence-corrected chi connectivity index (χ0v) is 14.6. The molecule has 0 unspecified atom stereocenters. The average Bonchev–Trinajstić information content (AvgIpc) is 2.18. The highest BCUT2D eigenvalue weighted by Crippen LogP contribution is 2.40. The van der Waals surface area contributed by atoms with Crippen LogP contribution in [0.2, 0.25) is 0 Å². The van der Waals surface area contributed by atoms with Crippen LogP contribution in [0.1, 0.15) is 26.3 Å². The summed E-state index contributed by atoms with van der Waals surface area (Å²) >= 11 is 4.56. The van der Waals surface area contributed by atoms with Crippen LogP contribution in [-0.4, -0.2) is 16.7 Å². The summed E-state index contributed by atoms with van der Waals surface area (Å²) in [5, 5.41) is 9.29. The van der Waals surface area contributed by atoms with Gasteiger partial charge in [0.2, 0.25) is 0 Å². The fourth-order valence-electron chi connectivity index (χ4n) is 1.68. The highest BCUT2D eigenvalue weighted by atomic mass is 127. The molecule has 0 radical (unpaired) electrons. The Morgan fingerprint density at radius 1 is 1.30 bits per heavy atom. The summed E-state index contributed by atoms with van der Waals surface area (Å²) in [4.78, 5) is 12.4. The van der Waals surface area contributed by atoms with Crippen molar-refractivity contribution in [3.8, 4) is 0 Å². The number of hydrogen-bond acceptors (Lipinski definition) is 1. The molecule has 0 saturated heterocycles. The number of amides is 1. The van der Waals surface area contributed by atoms with Crippen molar-refractivity contribution in [3.05, 3.63) is 25.7 Å². The van der Waals surface area contributed by atoms with Crippen molar-refractivity contribution in [2.24, 2.45) is 0 Å². The van der Waals surface area contributed by atoms with Gasteiger partial charge in [0, 0.05) is 13.6 Å². The van der Waals surface area contributed by atoms with Crippen LogP contribution < -0.4 is 4.90 Å². The number of alkyl halides is 3. The maximum atomic E-state index is 12.8. The fourth-order valence-corrected chi connectivity index (χ4v) is 2.94. The van der Waals surface area contributed by atoms with E-state index in [9.17, 15) is 23.1 Å². The Balaban J connectivity index is 3.48. The molecule has 0 fully saturated rings. The van der Waals surface area contributed by atoms with Crippen LogP contribution in [0, 0.1) is 3.57 Å². The summed E-state index contributed by atoms with van der Waals surface area (Å²) in [6.45, 7) is 5.01. The van der Waals surface area contributed by atoms with Crippen LogP contribution in [-0.2, 0) is 6.18 Å². The van der Waals surface area contributed by atoms with Crippen LogP contribution in [0.5, 0.6) is 0 Å². The molecule has 0 aromatic heterocycles. The number of halogens is 5. The van der Waals surface area contributed by atoms with E-state index in [0.29, 0.717) is 0 Å². The summed E-state index contributed by atoms with van der Waals surface area (Å²) < 4.78 is 38.4. The van der Waals surface area contributed by atoms with Crippen LogP contribution in [0.3, 0.4) is 0 Å². The lowest BCUT2D eigenvalue weighted by molar-refractivity contribution is -0.138. The Bertz CT molecular complexity index is 541. The first kappa shape index (κ1) is 17.5. The van der Waals surface area contributed by atoms with Gasteiger partial charge in [-0.3, -0.25) is 4.90 Å². The molecular weight excluding hydrogens is 454 g/mol. The van der Waals surface area contributed by atoms with Gasteiger partial charge in [0.05, 0.1) is 11.3 Å². The quantitative estimate of drug-likeness (QED) is 0.567. The summed E-state index contributed by atoms with van der Waals surface area (Å²) in [7, 11) is 0.